The fraction of sp³-hybridized carbons (Fsp3) is 0.806. The zero-order chi connectivity index (χ0) is 56.1. The number of anilines is 2. The zero-order valence-corrected chi connectivity index (χ0v) is 52.4. The predicted octanol–water partition coefficient (Wildman–Crippen LogP) is 22.3. The lowest BCUT2D eigenvalue weighted by molar-refractivity contribution is -0.166. The molecule has 0 aromatic heterocycles. The van der Waals surface area contributed by atoms with E-state index < -0.39 is 5.79 Å². The van der Waals surface area contributed by atoms with Crippen molar-refractivity contribution in [2.75, 3.05) is 43.1 Å². The smallest absolute Gasteiger partial charge is 0.338 e. The highest BCUT2D eigenvalue weighted by molar-refractivity contribution is 6.07. The van der Waals surface area contributed by atoms with Crippen LogP contribution < -0.4 is 10.2 Å². The summed E-state index contributed by atoms with van der Waals surface area (Å²) in [6.45, 7) is 11.1. The van der Waals surface area contributed by atoms with E-state index in [0.717, 1.165) is 66.8 Å². The molecule has 7 heteroatoms. The van der Waals surface area contributed by atoms with E-state index in [2.05, 4.69) is 28.4 Å². The second kappa shape index (κ2) is 45.6. The first-order chi connectivity index (χ1) is 38.8. The largest absolute Gasteiger partial charge is 0.462 e. The highest BCUT2D eigenvalue weighted by Gasteiger charge is 2.36. The SMILES string of the molecule is CCOC(=O)c1cc(C)c(NC(=O)c2cc(N3CCCCCCCCCCCCCCCCCCCCCCCCCCCCCCCCCCCCCCCCCCCCCCCCC4(CC3)OCCO4)ccc2C)c(C)c1. The molecule has 2 heterocycles. The number of nitrogens with one attached hydrogen (secondary N) is 1. The van der Waals surface area contributed by atoms with Gasteiger partial charge in [-0.2, -0.15) is 0 Å². The monoisotopic (exact) mass is 1100 g/mol. The lowest BCUT2D eigenvalue weighted by Gasteiger charge is -2.32. The number of esters is 1. The standard InChI is InChI=1S/C72H124N2O5/c1-5-77-71(76)66-60-64(3)69(65(4)61-66)73-70(75)68-62-67(53-52-63(68)2)74-56-51-49-47-45-43-41-39-37-35-33-31-29-27-25-23-21-19-17-15-13-11-9-7-6-8-10-12-14-16-18-20-22-24-26-28-30-32-34-36-38-40-42-44-46-48-50-54-72(55-57-74)78-58-59-79-72/h52-53,60-62H,5-51,54-59H2,1-4H3,(H,73,75). The van der Waals surface area contributed by atoms with Crippen molar-refractivity contribution in [1.29, 1.82) is 0 Å². The number of rotatable bonds is 5. The number of ether oxygens (including phenoxy) is 3. The molecule has 4 rings (SSSR count). The minimum Gasteiger partial charge on any atom is -0.462 e. The van der Waals surface area contributed by atoms with Gasteiger partial charge in [-0.3, -0.25) is 4.79 Å². The summed E-state index contributed by atoms with van der Waals surface area (Å²) in [5.41, 5.74) is 5.60. The minimum atomic E-state index is -0.532. The van der Waals surface area contributed by atoms with E-state index in [1.807, 2.05) is 27.7 Å². The Morgan fingerprint density at radius 3 is 1.10 bits per heavy atom. The fourth-order valence-electron chi connectivity index (χ4n) is 12.8. The van der Waals surface area contributed by atoms with Gasteiger partial charge in [-0.25, -0.2) is 4.79 Å². The minimum absolute atomic E-state index is 0.135. The van der Waals surface area contributed by atoms with Crippen LogP contribution in [0.3, 0.4) is 0 Å². The van der Waals surface area contributed by atoms with Crippen LogP contribution in [0.5, 0.6) is 0 Å². The Morgan fingerprint density at radius 1 is 0.430 bits per heavy atom. The molecular weight excluding hydrogens is 973 g/mol. The van der Waals surface area contributed by atoms with Crippen LogP contribution in [0.1, 0.15) is 353 Å². The number of nitrogens with zero attached hydrogens (tertiary/aromatic N) is 1. The van der Waals surface area contributed by atoms with E-state index in [4.69, 9.17) is 14.2 Å². The molecule has 0 atom stereocenters. The van der Waals surface area contributed by atoms with E-state index in [-0.39, 0.29) is 11.9 Å². The van der Waals surface area contributed by atoms with Crippen molar-refractivity contribution in [3.05, 3.63) is 58.1 Å². The predicted molar refractivity (Wildman–Crippen MR) is 339 cm³/mol. The van der Waals surface area contributed by atoms with Gasteiger partial charge in [0.1, 0.15) is 0 Å². The van der Waals surface area contributed by atoms with Crippen LogP contribution in [0.4, 0.5) is 11.4 Å². The Balaban J connectivity index is 1.23. The summed E-state index contributed by atoms with van der Waals surface area (Å²) in [7, 11) is 0. The maximum atomic E-state index is 14.1. The highest BCUT2D eigenvalue weighted by Crippen LogP contribution is 2.33. The molecule has 7 nitrogen and oxygen atoms in total. The first-order valence-electron chi connectivity index (χ1n) is 34.5. The van der Waals surface area contributed by atoms with Crippen LogP contribution in [0, 0.1) is 20.8 Å². The van der Waals surface area contributed by atoms with Crippen LogP contribution in [0.25, 0.3) is 0 Å². The lowest BCUT2D eigenvalue weighted by Crippen LogP contribution is -2.37. The molecule has 2 saturated heterocycles. The maximum absolute atomic E-state index is 14.1. The van der Waals surface area contributed by atoms with Crippen LogP contribution >= 0.6 is 0 Å². The molecule has 0 radical (unpaired) electrons. The summed E-state index contributed by atoms with van der Waals surface area (Å²) >= 11 is 0. The molecule has 79 heavy (non-hydrogen) atoms. The summed E-state index contributed by atoms with van der Waals surface area (Å²) < 4.78 is 18.2. The third-order valence-electron chi connectivity index (χ3n) is 17.9. The second-order valence-corrected chi connectivity index (χ2v) is 25.0. The van der Waals surface area contributed by atoms with Gasteiger partial charge in [0.2, 0.25) is 0 Å². The van der Waals surface area contributed by atoms with Gasteiger partial charge in [-0.05, 0) is 81.5 Å². The average Bonchev–Trinajstić information content (AvgIpc) is 3.95. The van der Waals surface area contributed by atoms with Gasteiger partial charge in [-0.15, -0.1) is 0 Å². The van der Waals surface area contributed by atoms with Gasteiger partial charge < -0.3 is 24.4 Å². The summed E-state index contributed by atoms with van der Waals surface area (Å²) in [5.74, 6) is -1.01. The maximum Gasteiger partial charge on any atom is 0.338 e. The number of hydrogen-bond acceptors (Lipinski definition) is 6. The van der Waals surface area contributed by atoms with Gasteiger partial charge in [0.05, 0.1) is 25.4 Å². The van der Waals surface area contributed by atoms with Crippen molar-refractivity contribution >= 4 is 23.3 Å². The van der Waals surface area contributed by atoms with Crippen LogP contribution in [-0.2, 0) is 14.2 Å². The summed E-state index contributed by atoms with van der Waals surface area (Å²) in [4.78, 5) is 29.1. The first-order valence-corrected chi connectivity index (χ1v) is 34.5. The van der Waals surface area contributed by atoms with Gasteiger partial charge in [0, 0.05) is 42.9 Å². The molecule has 2 aromatic rings. The number of carbonyl (C=O) groups excluding carboxylic acids is 2. The molecule has 2 aromatic carbocycles. The van der Waals surface area contributed by atoms with Crippen LogP contribution in [0.2, 0.25) is 0 Å². The topological polar surface area (TPSA) is 77.1 Å². The van der Waals surface area contributed by atoms with Crippen molar-refractivity contribution in [2.45, 2.75) is 342 Å². The van der Waals surface area contributed by atoms with Gasteiger partial charge in [-0.1, -0.05) is 289 Å². The van der Waals surface area contributed by atoms with Gasteiger partial charge in [0.25, 0.3) is 5.91 Å². The third-order valence-corrected chi connectivity index (χ3v) is 17.9. The van der Waals surface area contributed by atoms with E-state index in [1.165, 1.54) is 283 Å². The van der Waals surface area contributed by atoms with Gasteiger partial charge >= 0.3 is 5.97 Å². The molecule has 2 aliphatic heterocycles. The molecule has 2 fully saturated rings. The molecule has 0 bridgehead atoms. The molecular formula is C72H124N2O5. The normalized spacial score (nSPS) is 21.2. The Hall–Kier alpha value is -2.90. The zero-order valence-electron chi connectivity index (χ0n) is 52.4. The summed E-state index contributed by atoms with van der Waals surface area (Å²) in [5, 5.41) is 3.21. The molecule has 1 N–H and O–H groups in total. The number of aryl methyl sites for hydroxylation is 3. The molecule has 0 unspecified atom stereocenters. The van der Waals surface area contributed by atoms with Gasteiger partial charge in [0.15, 0.2) is 5.79 Å². The Morgan fingerprint density at radius 2 is 0.759 bits per heavy atom. The van der Waals surface area contributed by atoms with Crippen LogP contribution in [0.15, 0.2) is 30.3 Å². The first kappa shape index (κ1) is 68.6. The average molecular weight is 1100 g/mol. The van der Waals surface area contributed by atoms with E-state index >= 15 is 0 Å². The Bertz CT molecular complexity index is 1800. The number of hydrogen-bond donors (Lipinski definition) is 1. The van der Waals surface area contributed by atoms with Crippen molar-refractivity contribution in [3.63, 3.8) is 0 Å². The lowest BCUT2D eigenvalue weighted by atomic mass is 10.0. The summed E-state index contributed by atoms with van der Waals surface area (Å²) in [6.07, 6.45) is 66.5. The molecule has 1 spiro atoms. The number of amides is 1. The summed E-state index contributed by atoms with van der Waals surface area (Å²) in [6, 6.07) is 9.99. The van der Waals surface area contributed by atoms with E-state index in [0.29, 0.717) is 30.9 Å². The number of carbonyl (C=O) groups is 2. The number of benzene rings is 2. The van der Waals surface area contributed by atoms with Crippen molar-refractivity contribution < 1.29 is 23.8 Å². The Kier molecular flexibility index (Phi) is 39.6. The second-order valence-electron chi connectivity index (χ2n) is 25.0. The highest BCUT2D eigenvalue weighted by atomic mass is 16.7. The Labute approximate surface area is 487 Å². The van der Waals surface area contributed by atoms with Crippen LogP contribution in [-0.4, -0.2) is 50.6 Å². The van der Waals surface area contributed by atoms with Crippen molar-refractivity contribution in [3.8, 4) is 0 Å². The molecule has 0 aliphatic carbocycles. The van der Waals surface area contributed by atoms with E-state index in [1.54, 1.807) is 12.1 Å². The molecule has 1 amide bonds. The molecule has 2 aliphatic rings. The molecule has 0 saturated carbocycles. The third kappa shape index (κ3) is 31.9. The van der Waals surface area contributed by atoms with Crippen molar-refractivity contribution in [2.24, 2.45) is 0 Å². The molecule has 452 valence electrons. The fourth-order valence-corrected chi connectivity index (χ4v) is 12.8. The van der Waals surface area contributed by atoms with Crippen molar-refractivity contribution in [1.82, 2.24) is 0 Å². The quantitative estimate of drug-likeness (QED) is 0.301. The van der Waals surface area contributed by atoms with E-state index in [9.17, 15) is 9.59 Å².